The third-order valence-electron chi connectivity index (χ3n) is 6.46. The van der Waals surface area contributed by atoms with E-state index in [1.54, 1.807) is 6.20 Å². The van der Waals surface area contributed by atoms with E-state index in [4.69, 9.17) is 0 Å². The first kappa shape index (κ1) is 23.8. The van der Waals surface area contributed by atoms with Crippen LogP contribution >= 0.6 is 0 Å². The summed E-state index contributed by atoms with van der Waals surface area (Å²) in [5.41, 5.74) is 8.61. The molecule has 0 fully saturated rings. The molecular formula is C32H27N3O2. The van der Waals surface area contributed by atoms with E-state index in [0.29, 0.717) is 5.56 Å². The van der Waals surface area contributed by atoms with Crippen LogP contribution in [0.2, 0.25) is 0 Å². The normalized spacial score (nSPS) is 11.7. The lowest BCUT2D eigenvalue weighted by molar-refractivity contribution is -0.130. The Kier molecular flexibility index (Phi) is 6.68. The standard InChI is InChI=1S/C32H27N3O2/c1-3-27(22-13-16-26(17-14-22)34-25-9-5-4-6-10-25)31(23-15-18-30-24(19-23)20-33-35-30)29-12-8-7-11-28(29)21(2)32(36)37/h4-20,34H,2-3H2,1H3,(H,33,35)(H,36,37)/b31-27+. The quantitative estimate of drug-likeness (QED) is 0.155. The van der Waals surface area contributed by atoms with Crippen LogP contribution in [-0.4, -0.2) is 21.3 Å². The smallest absolute Gasteiger partial charge is 0.335 e. The van der Waals surface area contributed by atoms with Crippen molar-refractivity contribution < 1.29 is 9.90 Å². The second-order valence-corrected chi connectivity index (χ2v) is 8.78. The number of aliphatic carboxylic acids is 1. The van der Waals surface area contributed by atoms with Crippen LogP contribution in [0.1, 0.15) is 35.6 Å². The molecule has 4 aromatic carbocycles. The van der Waals surface area contributed by atoms with Gasteiger partial charge in [-0.15, -0.1) is 0 Å². The number of rotatable bonds is 8. The molecule has 0 aliphatic heterocycles. The molecule has 182 valence electrons. The predicted molar refractivity (Wildman–Crippen MR) is 152 cm³/mol. The zero-order valence-corrected chi connectivity index (χ0v) is 20.5. The topological polar surface area (TPSA) is 78.0 Å². The van der Waals surface area contributed by atoms with Gasteiger partial charge < -0.3 is 10.4 Å². The number of aromatic amines is 1. The van der Waals surface area contributed by atoms with Crippen molar-refractivity contribution in [2.45, 2.75) is 13.3 Å². The highest BCUT2D eigenvalue weighted by molar-refractivity contribution is 6.17. The molecule has 5 aromatic rings. The molecule has 0 amide bonds. The maximum atomic E-state index is 11.9. The number of carboxylic acids is 1. The minimum atomic E-state index is -1.04. The van der Waals surface area contributed by atoms with Gasteiger partial charge in [-0.05, 0) is 76.2 Å². The van der Waals surface area contributed by atoms with Crippen LogP contribution in [0.3, 0.4) is 0 Å². The fourth-order valence-electron chi connectivity index (χ4n) is 4.64. The molecule has 5 heteroatoms. The number of hydrogen-bond donors (Lipinski definition) is 3. The zero-order valence-electron chi connectivity index (χ0n) is 20.5. The average Bonchev–Trinajstić information content (AvgIpc) is 3.40. The SMILES string of the molecule is C=C(C(=O)O)c1ccccc1/C(=C(\CC)c1ccc(Nc2ccccc2)cc1)c1ccc2[nH]ncc2c1. The monoisotopic (exact) mass is 485 g/mol. The Morgan fingerprint density at radius 2 is 1.51 bits per heavy atom. The highest BCUT2D eigenvalue weighted by Crippen LogP contribution is 2.38. The number of anilines is 2. The molecule has 0 saturated carbocycles. The summed E-state index contributed by atoms with van der Waals surface area (Å²) >= 11 is 0. The fraction of sp³-hybridized carbons (Fsp3) is 0.0625. The van der Waals surface area contributed by atoms with Crippen LogP contribution < -0.4 is 5.32 Å². The van der Waals surface area contributed by atoms with E-state index in [9.17, 15) is 9.90 Å². The predicted octanol–water partition coefficient (Wildman–Crippen LogP) is 7.77. The Bertz CT molecular complexity index is 1610. The number of allylic oxidation sites excluding steroid dienone is 1. The van der Waals surface area contributed by atoms with E-state index >= 15 is 0 Å². The summed E-state index contributed by atoms with van der Waals surface area (Å²) in [6, 6.07) is 32.1. The lowest BCUT2D eigenvalue weighted by Gasteiger charge is -2.20. The van der Waals surface area contributed by atoms with Gasteiger partial charge in [0, 0.05) is 16.8 Å². The number of hydrogen-bond acceptors (Lipinski definition) is 3. The lowest BCUT2D eigenvalue weighted by Crippen LogP contribution is -2.04. The van der Waals surface area contributed by atoms with E-state index < -0.39 is 5.97 Å². The van der Waals surface area contributed by atoms with Gasteiger partial charge in [-0.3, -0.25) is 5.10 Å². The zero-order chi connectivity index (χ0) is 25.8. The van der Waals surface area contributed by atoms with E-state index in [-0.39, 0.29) is 5.57 Å². The summed E-state index contributed by atoms with van der Waals surface area (Å²) < 4.78 is 0. The second-order valence-electron chi connectivity index (χ2n) is 8.78. The summed E-state index contributed by atoms with van der Waals surface area (Å²) in [6.45, 7) is 5.99. The Balaban J connectivity index is 1.68. The van der Waals surface area contributed by atoms with Crippen molar-refractivity contribution in [1.29, 1.82) is 0 Å². The highest BCUT2D eigenvalue weighted by atomic mass is 16.4. The molecule has 0 saturated heterocycles. The van der Waals surface area contributed by atoms with Crippen molar-refractivity contribution in [2.24, 2.45) is 0 Å². The molecule has 0 spiro atoms. The third kappa shape index (κ3) is 4.93. The molecule has 0 aliphatic carbocycles. The minimum Gasteiger partial charge on any atom is -0.478 e. The lowest BCUT2D eigenvalue weighted by atomic mass is 9.84. The van der Waals surface area contributed by atoms with E-state index in [1.165, 1.54) is 0 Å². The number of H-pyrrole nitrogens is 1. The van der Waals surface area contributed by atoms with Gasteiger partial charge in [0.15, 0.2) is 0 Å². The number of carboxylic acid groups (broad SMARTS) is 1. The number of nitrogens with zero attached hydrogens (tertiary/aromatic N) is 1. The summed E-state index contributed by atoms with van der Waals surface area (Å²) in [4.78, 5) is 11.9. The van der Waals surface area contributed by atoms with Gasteiger partial charge >= 0.3 is 5.97 Å². The van der Waals surface area contributed by atoms with Crippen molar-refractivity contribution >= 4 is 45.0 Å². The van der Waals surface area contributed by atoms with Crippen molar-refractivity contribution in [3.05, 3.63) is 132 Å². The number of fused-ring (bicyclic) bond motifs is 1. The van der Waals surface area contributed by atoms with Crippen LogP contribution in [0.15, 0.2) is 110 Å². The van der Waals surface area contributed by atoms with Gasteiger partial charge in [-0.25, -0.2) is 4.79 Å². The summed E-state index contributed by atoms with van der Waals surface area (Å²) in [5, 5.41) is 21.4. The summed E-state index contributed by atoms with van der Waals surface area (Å²) in [6.07, 6.45) is 2.55. The Morgan fingerprint density at radius 3 is 2.22 bits per heavy atom. The maximum Gasteiger partial charge on any atom is 0.335 e. The largest absolute Gasteiger partial charge is 0.478 e. The van der Waals surface area contributed by atoms with E-state index in [0.717, 1.165) is 56.5 Å². The van der Waals surface area contributed by atoms with Crippen molar-refractivity contribution in [1.82, 2.24) is 10.2 Å². The van der Waals surface area contributed by atoms with Gasteiger partial charge in [0.25, 0.3) is 0 Å². The van der Waals surface area contributed by atoms with Gasteiger partial charge in [-0.1, -0.05) is 74.2 Å². The van der Waals surface area contributed by atoms with Gasteiger partial charge in [0.05, 0.1) is 17.3 Å². The summed E-state index contributed by atoms with van der Waals surface area (Å²) in [5.74, 6) is -1.04. The molecule has 1 aromatic heterocycles. The second kappa shape index (κ2) is 10.4. The number of nitrogens with one attached hydrogen (secondary N) is 2. The van der Waals surface area contributed by atoms with Crippen LogP contribution in [-0.2, 0) is 4.79 Å². The molecule has 1 heterocycles. The third-order valence-corrected chi connectivity index (χ3v) is 6.46. The Labute approximate surface area is 215 Å². The Hall–Kier alpha value is -4.90. The molecule has 0 aliphatic rings. The van der Waals surface area contributed by atoms with Crippen molar-refractivity contribution in [3.63, 3.8) is 0 Å². The number of para-hydroxylation sites is 1. The first-order chi connectivity index (χ1) is 18.0. The first-order valence-electron chi connectivity index (χ1n) is 12.2. The average molecular weight is 486 g/mol. The molecule has 5 nitrogen and oxygen atoms in total. The minimum absolute atomic E-state index is 0.0651. The van der Waals surface area contributed by atoms with E-state index in [2.05, 4.69) is 65.4 Å². The Morgan fingerprint density at radius 1 is 0.865 bits per heavy atom. The van der Waals surface area contributed by atoms with Crippen LogP contribution in [0.5, 0.6) is 0 Å². The molecule has 37 heavy (non-hydrogen) atoms. The van der Waals surface area contributed by atoms with Gasteiger partial charge in [0.1, 0.15) is 0 Å². The van der Waals surface area contributed by atoms with Crippen LogP contribution in [0.4, 0.5) is 11.4 Å². The first-order valence-corrected chi connectivity index (χ1v) is 12.2. The molecule has 3 N–H and O–H groups in total. The molecule has 0 unspecified atom stereocenters. The number of benzene rings is 4. The fourth-order valence-corrected chi connectivity index (χ4v) is 4.64. The molecule has 0 atom stereocenters. The highest BCUT2D eigenvalue weighted by Gasteiger charge is 2.20. The van der Waals surface area contributed by atoms with Crippen molar-refractivity contribution in [2.75, 3.05) is 5.32 Å². The van der Waals surface area contributed by atoms with Crippen LogP contribution in [0.25, 0.3) is 27.6 Å². The number of aromatic nitrogens is 2. The van der Waals surface area contributed by atoms with Crippen LogP contribution in [0, 0.1) is 0 Å². The van der Waals surface area contributed by atoms with E-state index in [1.807, 2.05) is 60.7 Å². The number of carbonyl (C=O) groups is 1. The van der Waals surface area contributed by atoms with Gasteiger partial charge in [-0.2, -0.15) is 5.10 Å². The molecule has 0 radical (unpaired) electrons. The van der Waals surface area contributed by atoms with Crippen molar-refractivity contribution in [3.8, 4) is 0 Å². The summed E-state index contributed by atoms with van der Waals surface area (Å²) in [7, 11) is 0. The van der Waals surface area contributed by atoms with Gasteiger partial charge in [0.2, 0.25) is 0 Å². The maximum absolute atomic E-state index is 11.9. The molecule has 5 rings (SSSR count). The molecule has 0 bridgehead atoms. The molecular weight excluding hydrogens is 458 g/mol.